The van der Waals surface area contributed by atoms with E-state index in [1.165, 1.54) is 11.1 Å². The highest BCUT2D eigenvalue weighted by Gasteiger charge is 2.16. The van der Waals surface area contributed by atoms with Gasteiger partial charge in [0.2, 0.25) is 0 Å². The number of thiophene rings is 1. The van der Waals surface area contributed by atoms with Crippen molar-refractivity contribution in [1.29, 1.82) is 0 Å². The van der Waals surface area contributed by atoms with Gasteiger partial charge in [-0.1, -0.05) is 0 Å². The van der Waals surface area contributed by atoms with Crippen molar-refractivity contribution in [3.8, 4) is 0 Å². The highest BCUT2D eigenvalue weighted by Crippen LogP contribution is 2.28. The lowest BCUT2D eigenvalue weighted by atomic mass is 10.1. The summed E-state index contributed by atoms with van der Waals surface area (Å²) in [4.78, 5) is 26.2. The number of rotatable bonds is 5. The number of aliphatic carboxylic acids is 2. The quantitative estimate of drug-likeness (QED) is 0.727. The Bertz CT molecular complexity index is 617. The van der Waals surface area contributed by atoms with Crippen molar-refractivity contribution < 1.29 is 24.5 Å². The van der Waals surface area contributed by atoms with Crippen LogP contribution in [0.15, 0.2) is 35.4 Å². The Hall–Kier alpha value is -2.45. The van der Waals surface area contributed by atoms with E-state index >= 15 is 0 Å². The number of carbonyl (C=O) groups is 2. The molecule has 22 heavy (non-hydrogen) atoms. The lowest BCUT2D eigenvalue weighted by Gasteiger charge is -2.13. The maximum absolute atomic E-state index is 9.55. The molecule has 0 saturated carbocycles. The van der Waals surface area contributed by atoms with Crippen LogP contribution in [0, 0.1) is 6.92 Å². The van der Waals surface area contributed by atoms with E-state index in [1.807, 2.05) is 0 Å². The predicted molar refractivity (Wildman–Crippen MR) is 80.9 cm³/mol. The van der Waals surface area contributed by atoms with Crippen molar-refractivity contribution in [2.45, 2.75) is 13.0 Å². The van der Waals surface area contributed by atoms with E-state index in [2.05, 4.69) is 27.7 Å². The summed E-state index contributed by atoms with van der Waals surface area (Å²) in [5, 5.41) is 19.9. The summed E-state index contributed by atoms with van der Waals surface area (Å²) in [6, 6.07) is 0. The van der Waals surface area contributed by atoms with Crippen LogP contribution in [0.3, 0.4) is 0 Å². The number of aromatic nitrogens is 2. The molecule has 2 aromatic heterocycles. The molecule has 3 N–H and O–H groups in total. The van der Waals surface area contributed by atoms with E-state index < -0.39 is 11.9 Å². The van der Waals surface area contributed by atoms with E-state index in [-0.39, 0.29) is 6.10 Å². The highest BCUT2D eigenvalue weighted by atomic mass is 32.1. The molecule has 0 aliphatic heterocycles. The molecule has 0 aliphatic rings. The molecule has 0 bridgehead atoms. The van der Waals surface area contributed by atoms with E-state index in [1.54, 1.807) is 31.0 Å². The second-order valence-corrected chi connectivity index (χ2v) is 4.89. The summed E-state index contributed by atoms with van der Waals surface area (Å²) in [6.45, 7) is 2.09. The number of carboxylic acids is 2. The number of imidazole rings is 1. The number of hydrogen-bond acceptors (Lipinski definition) is 5. The number of hydrogen-bond donors (Lipinski definition) is 3. The number of ether oxygens (including phenoxy) is 1. The summed E-state index contributed by atoms with van der Waals surface area (Å²) in [7, 11) is 1.71. The van der Waals surface area contributed by atoms with Crippen LogP contribution in [0.5, 0.6) is 0 Å². The summed E-state index contributed by atoms with van der Waals surface area (Å²) in [5.41, 5.74) is 3.47. The van der Waals surface area contributed by atoms with Gasteiger partial charge in [0.05, 0.1) is 18.2 Å². The van der Waals surface area contributed by atoms with Crippen molar-refractivity contribution in [3.05, 3.63) is 52.3 Å². The van der Waals surface area contributed by atoms with Gasteiger partial charge in [0, 0.05) is 24.8 Å². The average molecular weight is 324 g/mol. The molecule has 0 amide bonds. The number of H-pyrrole nitrogens is 1. The Labute approximate surface area is 130 Å². The minimum Gasteiger partial charge on any atom is -0.478 e. The third-order valence-electron chi connectivity index (χ3n) is 2.58. The molecule has 0 aromatic carbocycles. The molecular formula is C14H16N2O5S. The topological polar surface area (TPSA) is 113 Å². The number of nitrogens with one attached hydrogen (secondary N) is 1. The molecular weight excluding hydrogens is 308 g/mol. The standard InChI is InChI=1S/C10H12N2OS.C4H4O4/c1-7-4-14-5-8(7)10(13-2)9-3-11-6-12-9;5-3(6)1-2-4(7)8/h3-6,10H,1-2H3,(H,11,12);1-2H,(H,5,6)(H,7,8)/b;2-1+. The molecule has 7 nitrogen and oxygen atoms in total. The van der Waals surface area contributed by atoms with Gasteiger partial charge >= 0.3 is 11.9 Å². The zero-order valence-corrected chi connectivity index (χ0v) is 12.8. The van der Waals surface area contributed by atoms with Crippen molar-refractivity contribution in [2.75, 3.05) is 7.11 Å². The second kappa shape index (κ2) is 8.75. The summed E-state index contributed by atoms with van der Waals surface area (Å²) < 4.78 is 5.46. The number of aromatic amines is 1. The van der Waals surface area contributed by atoms with Crippen LogP contribution in [-0.4, -0.2) is 39.2 Å². The smallest absolute Gasteiger partial charge is 0.328 e. The van der Waals surface area contributed by atoms with Gasteiger partial charge in [0.1, 0.15) is 6.10 Å². The average Bonchev–Trinajstić information content (AvgIpc) is 3.11. The fraction of sp³-hybridized carbons (Fsp3) is 0.214. The molecule has 8 heteroatoms. The van der Waals surface area contributed by atoms with Gasteiger partial charge in [-0.15, -0.1) is 0 Å². The monoisotopic (exact) mass is 324 g/mol. The first kappa shape index (κ1) is 17.6. The van der Waals surface area contributed by atoms with Crippen LogP contribution in [0.25, 0.3) is 0 Å². The molecule has 0 aliphatic carbocycles. The summed E-state index contributed by atoms with van der Waals surface area (Å²) in [6.07, 6.45) is 4.56. The van der Waals surface area contributed by atoms with Crippen molar-refractivity contribution in [1.82, 2.24) is 9.97 Å². The molecule has 0 fully saturated rings. The van der Waals surface area contributed by atoms with Crippen molar-refractivity contribution in [2.24, 2.45) is 0 Å². The van der Waals surface area contributed by atoms with Gasteiger partial charge in [-0.05, 0) is 23.2 Å². The van der Waals surface area contributed by atoms with E-state index in [0.29, 0.717) is 12.2 Å². The van der Waals surface area contributed by atoms with Gasteiger partial charge < -0.3 is 19.9 Å². The van der Waals surface area contributed by atoms with Crippen LogP contribution in [0.2, 0.25) is 0 Å². The first-order valence-corrected chi connectivity index (χ1v) is 7.07. The van der Waals surface area contributed by atoms with Crippen LogP contribution < -0.4 is 0 Å². The lowest BCUT2D eigenvalue weighted by molar-refractivity contribution is -0.134. The molecule has 2 aromatic rings. The van der Waals surface area contributed by atoms with Crippen LogP contribution >= 0.6 is 11.3 Å². The van der Waals surface area contributed by atoms with Crippen LogP contribution in [-0.2, 0) is 14.3 Å². The largest absolute Gasteiger partial charge is 0.478 e. The van der Waals surface area contributed by atoms with Gasteiger partial charge in [0.15, 0.2) is 0 Å². The Morgan fingerprint density at radius 3 is 2.32 bits per heavy atom. The molecule has 0 spiro atoms. The van der Waals surface area contributed by atoms with Crippen molar-refractivity contribution in [3.63, 3.8) is 0 Å². The number of nitrogens with zero attached hydrogens (tertiary/aromatic N) is 1. The minimum absolute atomic E-state index is 0.0243. The first-order chi connectivity index (χ1) is 10.5. The minimum atomic E-state index is -1.26. The third-order valence-corrected chi connectivity index (χ3v) is 3.46. The highest BCUT2D eigenvalue weighted by molar-refractivity contribution is 7.08. The normalized spacial score (nSPS) is 11.7. The maximum Gasteiger partial charge on any atom is 0.328 e. The molecule has 0 saturated heterocycles. The van der Waals surface area contributed by atoms with E-state index in [4.69, 9.17) is 14.9 Å². The zero-order valence-electron chi connectivity index (χ0n) is 12.0. The Balaban J connectivity index is 0.000000261. The predicted octanol–water partition coefficient (Wildman–Crippen LogP) is 2.23. The lowest BCUT2D eigenvalue weighted by Crippen LogP contribution is -2.03. The van der Waals surface area contributed by atoms with Crippen LogP contribution in [0.4, 0.5) is 0 Å². The summed E-state index contributed by atoms with van der Waals surface area (Å²) >= 11 is 1.69. The second-order valence-electron chi connectivity index (χ2n) is 4.14. The van der Waals surface area contributed by atoms with Gasteiger partial charge in [0.25, 0.3) is 0 Å². The molecule has 0 radical (unpaired) electrons. The van der Waals surface area contributed by atoms with E-state index in [0.717, 1.165) is 5.69 Å². The Morgan fingerprint density at radius 2 is 1.95 bits per heavy atom. The Morgan fingerprint density at radius 1 is 1.32 bits per heavy atom. The molecule has 2 rings (SSSR count). The van der Waals surface area contributed by atoms with Gasteiger partial charge in [-0.3, -0.25) is 0 Å². The number of methoxy groups -OCH3 is 1. The molecule has 1 atom stereocenters. The zero-order chi connectivity index (χ0) is 16.5. The molecule has 2 heterocycles. The van der Waals surface area contributed by atoms with E-state index in [9.17, 15) is 9.59 Å². The van der Waals surface area contributed by atoms with Crippen molar-refractivity contribution >= 4 is 23.3 Å². The summed E-state index contributed by atoms with van der Waals surface area (Å²) in [5.74, 6) is -2.51. The van der Waals surface area contributed by atoms with Gasteiger partial charge in [-0.25, -0.2) is 14.6 Å². The third kappa shape index (κ3) is 5.51. The molecule has 1 unspecified atom stereocenters. The Kier molecular flexibility index (Phi) is 7.00. The van der Waals surface area contributed by atoms with Gasteiger partial charge in [-0.2, -0.15) is 11.3 Å². The fourth-order valence-corrected chi connectivity index (χ4v) is 2.48. The molecule has 118 valence electrons. The fourth-order valence-electron chi connectivity index (χ4n) is 1.61. The van der Waals surface area contributed by atoms with Crippen LogP contribution in [0.1, 0.15) is 22.9 Å². The SMILES string of the molecule is COC(c1cnc[nH]1)c1cscc1C.O=C(O)/C=C/C(=O)O. The first-order valence-electron chi connectivity index (χ1n) is 6.13. The maximum atomic E-state index is 9.55. The number of aryl methyl sites for hydroxylation is 1. The number of carboxylic acid groups (broad SMARTS) is 2.